The van der Waals surface area contributed by atoms with Crippen LogP contribution in [-0.4, -0.2) is 16.5 Å². The summed E-state index contributed by atoms with van der Waals surface area (Å²) in [4.78, 5) is 8.71. The van der Waals surface area contributed by atoms with Crippen LogP contribution < -0.4 is 5.32 Å². The van der Waals surface area contributed by atoms with Gasteiger partial charge in [-0.2, -0.15) is 0 Å². The molecular weight excluding hydrogens is 262 g/mol. The van der Waals surface area contributed by atoms with Crippen LogP contribution in [0, 0.1) is 0 Å². The molecule has 3 rings (SSSR count). The number of hydrogen-bond acceptors (Lipinski definition) is 4. The Kier molecular flexibility index (Phi) is 4.46. The number of fused-ring (bicyclic) bond motifs is 1. The van der Waals surface area contributed by atoms with Crippen molar-refractivity contribution in [3.8, 4) is 0 Å². The molecule has 2 aromatic rings. The van der Waals surface area contributed by atoms with E-state index in [1.165, 1.54) is 17.5 Å². The van der Waals surface area contributed by atoms with Crippen molar-refractivity contribution in [2.75, 3.05) is 11.9 Å². The molecule has 0 aliphatic heterocycles. The molecule has 0 radical (unpaired) electrons. The highest BCUT2D eigenvalue weighted by Crippen LogP contribution is 2.32. The molecule has 1 unspecified atom stereocenters. The van der Waals surface area contributed by atoms with Crippen LogP contribution in [-0.2, 0) is 17.8 Å². The number of hydrogen-bond donors (Lipinski definition) is 1. The zero-order valence-electron chi connectivity index (χ0n) is 12.4. The molecule has 4 nitrogen and oxygen atoms in total. The van der Waals surface area contributed by atoms with E-state index >= 15 is 0 Å². The number of rotatable bonds is 5. The number of aromatic nitrogens is 2. The summed E-state index contributed by atoms with van der Waals surface area (Å²) in [6, 6.07) is 8.58. The van der Waals surface area contributed by atoms with Crippen molar-refractivity contribution >= 4 is 5.82 Å². The SMILES string of the molecule is CCNc1cnc(COC2CCCc3ccccc32)cn1. The van der Waals surface area contributed by atoms with Crippen molar-refractivity contribution in [2.45, 2.75) is 38.9 Å². The van der Waals surface area contributed by atoms with Crippen molar-refractivity contribution in [3.63, 3.8) is 0 Å². The predicted octanol–water partition coefficient (Wildman–Crippen LogP) is 3.50. The quantitative estimate of drug-likeness (QED) is 0.912. The van der Waals surface area contributed by atoms with E-state index in [-0.39, 0.29) is 6.10 Å². The topological polar surface area (TPSA) is 47.0 Å². The van der Waals surface area contributed by atoms with Crippen molar-refractivity contribution in [1.29, 1.82) is 0 Å². The van der Waals surface area contributed by atoms with Gasteiger partial charge in [-0.05, 0) is 37.3 Å². The molecule has 0 saturated carbocycles. The fraction of sp³-hybridized carbons (Fsp3) is 0.412. The zero-order valence-corrected chi connectivity index (χ0v) is 12.4. The summed E-state index contributed by atoms with van der Waals surface area (Å²) in [5.41, 5.74) is 3.63. The van der Waals surface area contributed by atoms with Gasteiger partial charge in [0.1, 0.15) is 5.82 Å². The molecule has 0 bridgehead atoms. The van der Waals surface area contributed by atoms with E-state index in [0.29, 0.717) is 6.61 Å². The molecule has 0 fully saturated rings. The van der Waals surface area contributed by atoms with Crippen molar-refractivity contribution in [3.05, 3.63) is 53.5 Å². The van der Waals surface area contributed by atoms with Crippen molar-refractivity contribution < 1.29 is 4.74 Å². The highest BCUT2D eigenvalue weighted by Gasteiger charge is 2.20. The van der Waals surface area contributed by atoms with Crippen molar-refractivity contribution in [2.24, 2.45) is 0 Å². The maximum Gasteiger partial charge on any atom is 0.144 e. The van der Waals surface area contributed by atoms with E-state index in [9.17, 15) is 0 Å². The lowest BCUT2D eigenvalue weighted by Crippen LogP contribution is -2.13. The number of nitrogens with one attached hydrogen (secondary N) is 1. The predicted molar refractivity (Wildman–Crippen MR) is 83.1 cm³/mol. The van der Waals surface area contributed by atoms with Crippen LogP contribution in [0.3, 0.4) is 0 Å². The van der Waals surface area contributed by atoms with Gasteiger partial charge < -0.3 is 10.1 Å². The van der Waals surface area contributed by atoms with E-state index in [2.05, 4.69) is 39.6 Å². The molecule has 1 aliphatic carbocycles. The number of benzene rings is 1. The van der Waals surface area contributed by atoms with E-state index < -0.39 is 0 Å². The third-order valence-corrected chi connectivity index (χ3v) is 3.81. The van der Waals surface area contributed by atoms with Crippen LogP contribution in [0.4, 0.5) is 5.82 Å². The molecule has 110 valence electrons. The molecule has 1 aliphatic rings. The molecule has 1 aromatic carbocycles. The lowest BCUT2D eigenvalue weighted by molar-refractivity contribution is 0.0263. The van der Waals surface area contributed by atoms with Crippen LogP contribution in [0.1, 0.15) is 42.7 Å². The third kappa shape index (κ3) is 3.39. The van der Waals surface area contributed by atoms with E-state index in [4.69, 9.17) is 4.74 Å². The van der Waals surface area contributed by atoms with Gasteiger partial charge >= 0.3 is 0 Å². The van der Waals surface area contributed by atoms with Gasteiger partial charge in [-0.25, -0.2) is 4.98 Å². The number of anilines is 1. The van der Waals surface area contributed by atoms with Crippen molar-refractivity contribution in [1.82, 2.24) is 9.97 Å². The van der Waals surface area contributed by atoms with Gasteiger partial charge in [0.15, 0.2) is 0 Å². The smallest absolute Gasteiger partial charge is 0.144 e. The van der Waals surface area contributed by atoms with Gasteiger partial charge in [-0.15, -0.1) is 0 Å². The second-order valence-electron chi connectivity index (χ2n) is 5.31. The Hall–Kier alpha value is -1.94. The maximum atomic E-state index is 6.07. The highest BCUT2D eigenvalue weighted by molar-refractivity contribution is 5.32. The molecule has 0 saturated heterocycles. The second kappa shape index (κ2) is 6.68. The summed E-state index contributed by atoms with van der Waals surface area (Å²) in [6.45, 7) is 3.40. The summed E-state index contributed by atoms with van der Waals surface area (Å²) in [5.74, 6) is 0.810. The summed E-state index contributed by atoms with van der Waals surface area (Å²) < 4.78 is 6.07. The summed E-state index contributed by atoms with van der Waals surface area (Å²) >= 11 is 0. The molecule has 0 spiro atoms. The first kappa shape index (κ1) is 14.0. The summed E-state index contributed by atoms with van der Waals surface area (Å²) in [6.07, 6.45) is 7.16. The highest BCUT2D eigenvalue weighted by atomic mass is 16.5. The van der Waals surface area contributed by atoms with Gasteiger partial charge in [0, 0.05) is 6.54 Å². The normalized spacial score (nSPS) is 17.3. The third-order valence-electron chi connectivity index (χ3n) is 3.81. The first-order chi connectivity index (χ1) is 10.4. The van der Waals surface area contributed by atoms with Crippen LogP contribution in [0.5, 0.6) is 0 Å². The Morgan fingerprint density at radius 2 is 2.14 bits per heavy atom. The fourth-order valence-corrected chi connectivity index (χ4v) is 2.77. The molecule has 1 atom stereocenters. The number of nitrogens with zero attached hydrogens (tertiary/aromatic N) is 2. The van der Waals surface area contributed by atoms with Gasteiger partial charge in [-0.1, -0.05) is 24.3 Å². The first-order valence-corrected chi connectivity index (χ1v) is 7.61. The maximum absolute atomic E-state index is 6.07. The number of aryl methyl sites for hydroxylation is 1. The minimum Gasteiger partial charge on any atom is -0.369 e. The second-order valence-corrected chi connectivity index (χ2v) is 5.31. The largest absolute Gasteiger partial charge is 0.369 e. The first-order valence-electron chi connectivity index (χ1n) is 7.61. The molecule has 0 amide bonds. The lowest BCUT2D eigenvalue weighted by Gasteiger charge is -2.25. The Balaban J connectivity index is 1.63. The van der Waals surface area contributed by atoms with E-state index in [0.717, 1.165) is 30.9 Å². The minimum atomic E-state index is 0.185. The Bertz CT molecular complexity index is 583. The molecular formula is C17H21N3O. The van der Waals surface area contributed by atoms with Crippen LogP contribution >= 0.6 is 0 Å². The molecule has 1 heterocycles. The molecule has 4 heteroatoms. The van der Waals surface area contributed by atoms with Gasteiger partial charge in [0.05, 0.1) is 30.8 Å². The average Bonchev–Trinajstić information content (AvgIpc) is 2.54. The van der Waals surface area contributed by atoms with Gasteiger partial charge in [-0.3, -0.25) is 4.98 Å². The van der Waals surface area contributed by atoms with Crippen LogP contribution in [0.2, 0.25) is 0 Å². The summed E-state index contributed by atoms with van der Waals surface area (Å²) in [7, 11) is 0. The minimum absolute atomic E-state index is 0.185. The molecule has 1 aromatic heterocycles. The van der Waals surface area contributed by atoms with Crippen LogP contribution in [0.15, 0.2) is 36.7 Å². The lowest BCUT2D eigenvalue weighted by atomic mass is 9.89. The standard InChI is InChI=1S/C17H21N3O/c1-2-18-17-11-19-14(10-20-17)12-21-16-9-5-7-13-6-3-4-8-15(13)16/h3-4,6,8,10-11,16H,2,5,7,9,12H2,1H3,(H,18,20). The van der Waals surface area contributed by atoms with Gasteiger partial charge in [0.2, 0.25) is 0 Å². The Morgan fingerprint density at radius 3 is 2.95 bits per heavy atom. The summed E-state index contributed by atoms with van der Waals surface area (Å²) in [5, 5.41) is 3.14. The number of ether oxygens (including phenoxy) is 1. The molecule has 1 N–H and O–H groups in total. The van der Waals surface area contributed by atoms with E-state index in [1.54, 1.807) is 12.4 Å². The fourth-order valence-electron chi connectivity index (χ4n) is 2.77. The molecule has 21 heavy (non-hydrogen) atoms. The average molecular weight is 283 g/mol. The Morgan fingerprint density at radius 1 is 1.24 bits per heavy atom. The Labute approximate surface area is 125 Å². The monoisotopic (exact) mass is 283 g/mol. The van der Waals surface area contributed by atoms with Crippen LogP contribution in [0.25, 0.3) is 0 Å². The van der Waals surface area contributed by atoms with E-state index in [1.807, 2.05) is 6.92 Å². The zero-order chi connectivity index (χ0) is 14.5. The van der Waals surface area contributed by atoms with Gasteiger partial charge in [0.25, 0.3) is 0 Å².